The molecular formula is C18H14F4INO3. The van der Waals surface area contributed by atoms with Crippen LogP contribution in [0, 0.1) is 9.39 Å². The molecular weight excluding hydrogens is 481 g/mol. The van der Waals surface area contributed by atoms with Crippen molar-refractivity contribution in [2.24, 2.45) is 0 Å². The smallest absolute Gasteiger partial charge is 0.416 e. The van der Waals surface area contributed by atoms with E-state index in [0.29, 0.717) is 3.57 Å². The summed E-state index contributed by atoms with van der Waals surface area (Å²) in [4.78, 5) is 23.3. The van der Waals surface area contributed by atoms with E-state index in [2.05, 4.69) is 5.32 Å². The third-order valence-corrected chi connectivity index (χ3v) is 4.44. The second-order valence-electron chi connectivity index (χ2n) is 5.79. The van der Waals surface area contributed by atoms with Crippen LogP contribution in [0.4, 0.5) is 23.2 Å². The fourth-order valence-electron chi connectivity index (χ4n) is 2.48. The quantitative estimate of drug-likeness (QED) is 0.436. The van der Waals surface area contributed by atoms with Crippen molar-refractivity contribution in [1.82, 2.24) is 0 Å². The molecule has 4 nitrogen and oxygen atoms in total. The van der Waals surface area contributed by atoms with Gasteiger partial charge in [-0.25, -0.2) is 4.39 Å². The Morgan fingerprint density at radius 2 is 1.70 bits per heavy atom. The van der Waals surface area contributed by atoms with Crippen LogP contribution in [-0.4, -0.2) is 17.0 Å². The van der Waals surface area contributed by atoms with Crippen LogP contribution in [0.2, 0.25) is 0 Å². The summed E-state index contributed by atoms with van der Waals surface area (Å²) < 4.78 is 52.4. The van der Waals surface area contributed by atoms with Gasteiger partial charge in [-0.15, -0.1) is 0 Å². The maximum absolute atomic E-state index is 13.8. The number of anilines is 1. The lowest BCUT2D eigenvalue weighted by Gasteiger charge is -2.16. The minimum atomic E-state index is -4.51. The fraction of sp³-hybridized carbons (Fsp3) is 0.222. The summed E-state index contributed by atoms with van der Waals surface area (Å²) in [5.41, 5.74) is -0.642. The van der Waals surface area contributed by atoms with Crippen molar-refractivity contribution in [3.05, 3.63) is 63.0 Å². The van der Waals surface area contributed by atoms with Crippen LogP contribution >= 0.6 is 22.6 Å². The number of aliphatic carboxylic acids is 1. The average molecular weight is 495 g/mol. The standard InChI is InChI=1S/C18H14F4INO3/c19-14-9-13(23)5-6-15(14)24-16(25)7-11(8-17(26)27)10-1-3-12(4-2-10)18(20,21)22/h1-6,9,11H,7-8H2,(H,24,25)(H,26,27). The topological polar surface area (TPSA) is 66.4 Å². The van der Waals surface area contributed by atoms with Crippen LogP contribution < -0.4 is 5.32 Å². The molecule has 1 atom stereocenters. The predicted octanol–water partition coefficient (Wildman–Crippen LogP) is 5.04. The van der Waals surface area contributed by atoms with Gasteiger partial charge in [0, 0.05) is 15.9 Å². The zero-order chi connectivity index (χ0) is 20.2. The molecule has 0 heterocycles. The molecule has 0 saturated carbocycles. The van der Waals surface area contributed by atoms with E-state index in [1.165, 1.54) is 12.1 Å². The second kappa shape index (κ2) is 8.68. The molecule has 2 aromatic rings. The third kappa shape index (κ3) is 6.19. The van der Waals surface area contributed by atoms with Gasteiger partial charge in [0.25, 0.3) is 0 Å². The number of hydrogen-bond donors (Lipinski definition) is 2. The van der Waals surface area contributed by atoms with Gasteiger partial charge < -0.3 is 10.4 Å². The van der Waals surface area contributed by atoms with Gasteiger partial charge in [-0.2, -0.15) is 13.2 Å². The fourth-order valence-corrected chi connectivity index (χ4v) is 2.93. The molecule has 0 aliphatic rings. The minimum Gasteiger partial charge on any atom is -0.481 e. The Morgan fingerprint density at radius 1 is 1.07 bits per heavy atom. The maximum atomic E-state index is 13.8. The second-order valence-corrected chi connectivity index (χ2v) is 7.04. The number of alkyl halides is 3. The molecule has 0 saturated heterocycles. The van der Waals surface area contributed by atoms with Crippen molar-refractivity contribution in [1.29, 1.82) is 0 Å². The van der Waals surface area contributed by atoms with Crippen molar-refractivity contribution in [2.75, 3.05) is 5.32 Å². The molecule has 0 aliphatic heterocycles. The molecule has 0 radical (unpaired) electrons. The van der Waals surface area contributed by atoms with E-state index in [4.69, 9.17) is 5.11 Å². The van der Waals surface area contributed by atoms with Crippen molar-refractivity contribution in [2.45, 2.75) is 24.9 Å². The van der Waals surface area contributed by atoms with Gasteiger partial charge in [-0.05, 0) is 58.5 Å². The number of hydrogen-bond acceptors (Lipinski definition) is 2. The molecule has 0 spiro atoms. The molecule has 2 rings (SSSR count). The summed E-state index contributed by atoms with van der Waals surface area (Å²) in [6, 6.07) is 8.15. The molecule has 27 heavy (non-hydrogen) atoms. The molecule has 0 aliphatic carbocycles. The Kier molecular flexibility index (Phi) is 6.79. The normalized spacial score (nSPS) is 12.5. The highest BCUT2D eigenvalue weighted by Crippen LogP contribution is 2.32. The Bertz CT molecular complexity index is 837. The van der Waals surface area contributed by atoms with Gasteiger partial charge in [-0.3, -0.25) is 9.59 Å². The minimum absolute atomic E-state index is 0.0538. The summed E-state index contributed by atoms with van der Waals surface area (Å²) in [6.45, 7) is 0. The van der Waals surface area contributed by atoms with E-state index in [9.17, 15) is 27.2 Å². The van der Waals surface area contributed by atoms with Crippen LogP contribution in [0.1, 0.15) is 29.9 Å². The Hall–Kier alpha value is -2.17. The van der Waals surface area contributed by atoms with E-state index in [1.54, 1.807) is 6.07 Å². The molecule has 2 aromatic carbocycles. The van der Waals surface area contributed by atoms with E-state index in [1.807, 2.05) is 22.6 Å². The van der Waals surface area contributed by atoms with Crippen LogP contribution in [0.3, 0.4) is 0 Å². The SMILES string of the molecule is O=C(O)CC(CC(=O)Nc1ccc(I)cc1F)c1ccc(C(F)(F)F)cc1. The summed E-state index contributed by atoms with van der Waals surface area (Å²) in [5, 5.41) is 11.4. The first-order valence-electron chi connectivity index (χ1n) is 7.70. The zero-order valence-corrected chi connectivity index (χ0v) is 15.8. The highest BCUT2D eigenvalue weighted by atomic mass is 127. The molecule has 0 bridgehead atoms. The summed E-state index contributed by atoms with van der Waals surface area (Å²) >= 11 is 1.91. The third-order valence-electron chi connectivity index (χ3n) is 3.77. The van der Waals surface area contributed by atoms with Gasteiger partial charge in [0.1, 0.15) is 5.82 Å². The molecule has 9 heteroatoms. The van der Waals surface area contributed by atoms with Crippen LogP contribution in [0.5, 0.6) is 0 Å². The summed E-state index contributed by atoms with van der Waals surface area (Å²) in [7, 11) is 0. The van der Waals surface area contributed by atoms with Crippen molar-refractivity contribution in [3.63, 3.8) is 0 Å². The highest BCUT2D eigenvalue weighted by molar-refractivity contribution is 14.1. The Balaban J connectivity index is 2.16. The molecule has 144 valence electrons. The Labute approximate surface area is 165 Å². The number of rotatable bonds is 6. The lowest BCUT2D eigenvalue weighted by atomic mass is 9.91. The predicted molar refractivity (Wildman–Crippen MR) is 98.8 cm³/mol. The summed E-state index contributed by atoms with van der Waals surface area (Å²) in [5.74, 6) is -3.33. The zero-order valence-electron chi connectivity index (χ0n) is 13.7. The number of halogens is 5. The molecule has 0 aromatic heterocycles. The number of nitrogens with one attached hydrogen (secondary N) is 1. The molecule has 2 N–H and O–H groups in total. The number of benzene rings is 2. The van der Waals surface area contributed by atoms with E-state index in [0.717, 1.165) is 24.3 Å². The van der Waals surface area contributed by atoms with Crippen LogP contribution in [-0.2, 0) is 15.8 Å². The lowest BCUT2D eigenvalue weighted by molar-refractivity contribution is -0.138. The maximum Gasteiger partial charge on any atom is 0.416 e. The molecule has 1 unspecified atom stereocenters. The highest BCUT2D eigenvalue weighted by Gasteiger charge is 2.30. The van der Waals surface area contributed by atoms with Crippen molar-refractivity contribution >= 4 is 40.2 Å². The summed E-state index contributed by atoms with van der Waals surface area (Å²) in [6.07, 6.45) is -5.28. The Morgan fingerprint density at radius 3 is 2.22 bits per heavy atom. The van der Waals surface area contributed by atoms with Crippen LogP contribution in [0.25, 0.3) is 0 Å². The van der Waals surface area contributed by atoms with Gasteiger partial charge in [-0.1, -0.05) is 12.1 Å². The number of carboxylic acid groups (broad SMARTS) is 1. The number of carbonyl (C=O) groups is 2. The molecule has 1 amide bonds. The van der Waals surface area contributed by atoms with Gasteiger partial charge in [0.05, 0.1) is 17.7 Å². The number of amides is 1. The van der Waals surface area contributed by atoms with Gasteiger partial charge in [0.15, 0.2) is 0 Å². The number of carbonyl (C=O) groups excluding carboxylic acids is 1. The first kappa shape index (κ1) is 21.1. The van der Waals surface area contributed by atoms with Gasteiger partial charge >= 0.3 is 12.1 Å². The average Bonchev–Trinajstić information content (AvgIpc) is 2.56. The van der Waals surface area contributed by atoms with E-state index in [-0.39, 0.29) is 17.7 Å². The van der Waals surface area contributed by atoms with Crippen molar-refractivity contribution in [3.8, 4) is 0 Å². The number of carboxylic acids is 1. The lowest BCUT2D eigenvalue weighted by Crippen LogP contribution is -2.18. The van der Waals surface area contributed by atoms with E-state index >= 15 is 0 Å². The van der Waals surface area contributed by atoms with Gasteiger partial charge in [0.2, 0.25) is 5.91 Å². The first-order valence-corrected chi connectivity index (χ1v) is 8.78. The van der Waals surface area contributed by atoms with Crippen molar-refractivity contribution < 1.29 is 32.3 Å². The molecule has 0 fully saturated rings. The van der Waals surface area contributed by atoms with E-state index < -0.39 is 41.8 Å². The monoisotopic (exact) mass is 495 g/mol. The largest absolute Gasteiger partial charge is 0.481 e. The van der Waals surface area contributed by atoms with Crippen LogP contribution in [0.15, 0.2) is 42.5 Å². The first-order chi connectivity index (χ1) is 12.6.